The fourth-order valence-corrected chi connectivity index (χ4v) is 1.75. The van der Waals surface area contributed by atoms with Crippen molar-refractivity contribution in [3.8, 4) is 5.75 Å². The van der Waals surface area contributed by atoms with E-state index in [0.29, 0.717) is 13.0 Å². The fraction of sp³-hybridized carbons (Fsp3) is 0.538. The minimum absolute atomic E-state index is 0.0204. The van der Waals surface area contributed by atoms with E-state index < -0.39 is 18.8 Å². The number of hydrogen-bond acceptors (Lipinski definition) is 4. The van der Waals surface area contributed by atoms with Gasteiger partial charge in [0.25, 0.3) is 6.43 Å². The molecule has 0 aliphatic heterocycles. The summed E-state index contributed by atoms with van der Waals surface area (Å²) in [4.78, 5) is 1.21. The van der Waals surface area contributed by atoms with E-state index >= 15 is 0 Å². The van der Waals surface area contributed by atoms with Gasteiger partial charge in [0.1, 0.15) is 0 Å². The van der Waals surface area contributed by atoms with Gasteiger partial charge >= 0.3 is 0 Å². The van der Waals surface area contributed by atoms with Gasteiger partial charge in [-0.1, -0.05) is 6.92 Å². The van der Waals surface area contributed by atoms with Crippen molar-refractivity contribution in [2.75, 3.05) is 36.9 Å². The second kappa shape index (κ2) is 7.84. The van der Waals surface area contributed by atoms with E-state index in [1.54, 1.807) is 0 Å². The average molecular weight is 292 g/mol. The lowest BCUT2D eigenvalue weighted by Crippen LogP contribution is -2.32. The first-order chi connectivity index (χ1) is 9.49. The van der Waals surface area contributed by atoms with Crippen LogP contribution in [0.25, 0.3) is 0 Å². The third-order valence-corrected chi connectivity index (χ3v) is 2.61. The summed E-state index contributed by atoms with van der Waals surface area (Å²) in [7, 11) is 0. The summed E-state index contributed by atoms with van der Waals surface area (Å²) in [6, 6.07) is 2.33. The predicted octanol–water partition coefficient (Wildman–Crippen LogP) is 2.26. The molecule has 3 N–H and O–H groups in total. The van der Waals surface area contributed by atoms with Gasteiger partial charge in [0.15, 0.2) is 11.6 Å². The molecule has 1 rings (SSSR count). The molecule has 114 valence electrons. The molecular weight excluding hydrogens is 273 g/mol. The highest BCUT2D eigenvalue weighted by Gasteiger charge is 2.18. The molecule has 0 atom stereocenters. The molecule has 1 aromatic rings. The zero-order chi connectivity index (χ0) is 15.1. The molecule has 0 aliphatic carbocycles. The smallest absolute Gasteiger partial charge is 0.255 e. The van der Waals surface area contributed by atoms with Crippen LogP contribution in [-0.4, -0.2) is 37.8 Å². The van der Waals surface area contributed by atoms with Crippen LogP contribution in [0, 0.1) is 5.82 Å². The second-order valence-electron chi connectivity index (χ2n) is 4.25. The number of aliphatic hydroxyl groups is 1. The Bertz CT molecular complexity index is 430. The number of aliphatic hydroxyl groups excluding tert-OH is 1. The van der Waals surface area contributed by atoms with Gasteiger partial charge in [0, 0.05) is 18.7 Å². The molecule has 20 heavy (non-hydrogen) atoms. The van der Waals surface area contributed by atoms with Crippen LogP contribution in [0.1, 0.15) is 13.3 Å². The van der Waals surface area contributed by atoms with Crippen molar-refractivity contribution < 1.29 is 23.0 Å². The van der Waals surface area contributed by atoms with Crippen LogP contribution >= 0.6 is 0 Å². The second-order valence-corrected chi connectivity index (χ2v) is 4.25. The van der Waals surface area contributed by atoms with E-state index in [0.717, 1.165) is 6.07 Å². The molecule has 0 heterocycles. The monoisotopic (exact) mass is 292 g/mol. The Morgan fingerprint density at radius 3 is 2.65 bits per heavy atom. The molecule has 0 aromatic heterocycles. The van der Waals surface area contributed by atoms with Gasteiger partial charge in [-0.15, -0.1) is 0 Å². The number of nitrogens with zero attached hydrogens (tertiary/aromatic N) is 1. The van der Waals surface area contributed by atoms with Crippen LogP contribution in [0.5, 0.6) is 5.75 Å². The van der Waals surface area contributed by atoms with Crippen LogP contribution in [0.4, 0.5) is 24.5 Å². The van der Waals surface area contributed by atoms with E-state index in [1.807, 2.05) is 6.92 Å². The summed E-state index contributed by atoms with van der Waals surface area (Å²) in [5, 5.41) is 8.93. The highest BCUT2D eigenvalue weighted by Crippen LogP contribution is 2.31. The van der Waals surface area contributed by atoms with Gasteiger partial charge in [-0.3, -0.25) is 0 Å². The van der Waals surface area contributed by atoms with Gasteiger partial charge in [-0.05, 0) is 6.42 Å². The van der Waals surface area contributed by atoms with E-state index in [1.165, 1.54) is 11.0 Å². The maximum atomic E-state index is 13.6. The summed E-state index contributed by atoms with van der Waals surface area (Å²) in [6.07, 6.45) is -1.90. The number of halogens is 3. The van der Waals surface area contributed by atoms with Crippen molar-refractivity contribution in [3.05, 3.63) is 17.9 Å². The summed E-state index contributed by atoms with van der Waals surface area (Å²) in [5.74, 6) is -0.672. The highest BCUT2D eigenvalue weighted by atomic mass is 19.3. The van der Waals surface area contributed by atoms with E-state index in [9.17, 15) is 13.2 Å². The Hall–Kier alpha value is -1.63. The molecule has 0 fully saturated rings. The van der Waals surface area contributed by atoms with Crippen molar-refractivity contribution in [3.63, 3.8) is 0 Å². The van der Waals surface area contributed by atoms with Crippen LogP contribution in [0.3, 0.4) is 0 Å². The molecule has 0 aliphatic rings. The topological polar surface area (TPSA) is 58.7 Å². The number of alkyl halides is 2. The van der Waals surface area contributed by atoms with Crippen molar-refractivity contribution in [1.29, 1.82) is 0 Å². The summed E-state index contributed by atoms with van der Waals surface area (Å²) in [5.41, 5.74) is 5.92. The lowest BCUT2D eigenvalue weighted by Gasteiger charge is -2.25. The molecule has 0 radical (unpaired) electrons. The Labute approximate surface area is 115 Å². The number of ether oxygens (including phenoxy) is 1. The van der Waals surface area contributed by atoms with Gasteiger partial charge in [-0.25, -0.2) is 13.2 Å². The lowest BCUT2D eigenvalue weighted by atomic mass is 10.2. The van der Waals surface area contributed by atoms with Gasteiger partial charge in [-0.2, -0.15) is 0 Å². The van der Waals surface area contributed by atoms with Crippen LogP contribution in [0.2, 0.25) is 0 Å². The molecule has 0 unspecified atom stereocenters. The normalized spacial score (nSPS) is 10.9. The summed E-state index contributed by atoms with van der Waals surface area (Å²) < 4.78 is 43.9. The molecule has 7 heteroatoms. The molecule has 4 nitrogen and oxygen atoms in total. The van der Waals surface area contributed by atoms with Crippen LogP contribution in [-0.2, 0) is 0 Å². The first-order valence-corrected chi connectivity index (χ1v) is 6.35. The Morgan fingerprint density at radius 1 is 1.40 bits per heavy atom. The summed E-state index contributed by atoms with van der Waals surface area (Å²) in [6.45, 7) is 1.26. The van der Waals surface area contributed by atoms with Crippen molar-refractivity contribution in [2.45, 2.75) is 19.8 Å². The summed E-state index contributed by atoms with van der Waals surface area (Å²) >= 11 is 0. The van der Waals surface area contributed by atoms with Crippen LogP contribution in [0.15, 0.2) is 12.1 Å². The van der Waals surface area contributed by atoms with E-state index in [2.05, 4.69) is 0 Å². The third kappa shape index (κ3) is 4.48. The zero-order valence-electron chi connectivity index (χ0n) is 11.3. The van der Waals surface area contributed by atoms with Gasteiger partial charge in [0.2, 0.25) is 0 Å². The van der Waals surface area contributed by atoms with Crippen molar-refractivity contribution >= 4 is 11.4 Å². The molecule has 0 saturated carbocycles. The minimum atomic E-state index is -2.59. The molecule has 0 saturated heterocycles. The molecule has 0 amide bonds. The molecule has 0 bridgehead atoms. The van der Waals surface area contributed by atoms with E-state index in [-0.39, 0.29) is 30.3 Å². The predicted molar refractivity (Wildman–Crippen MR) is 71.9 cm³/mol. The maximum absolute atomic E-state index is 13.6. The van der Waals surface area contributed by atoms with E-state index in [4.69, 9.17) is 15.6 Å². The van der Waals surface area contributed by atoms with Gasteiger partial charge < -0.3 is 20.5 Å². The largest absolute Gasteiger partial charge is 0.490 e. The Balaban J connectivity index is 3.05. The minimum Gasteiger partial charge on any atom is -0.490 e. The number of rotatable bonds is 8. The SMILES string of the molecule is CCCOc1cc(N(CCO)CC(F)F)c(N)cc1F. The lowest BCUT2D eigenvalue weighted by molar-refractivity contribution is 0.153. The standard InChI is InChI=1S/C13H19F3N2O2/c1-2-5-20-12-7-11(10(17)6-9(12)14)18(3-4-19)8-13(15)16/h6-7,13,19H,2-5,8,17H2,1H3. The number of nitrogens with two attached hydrogens (primary N) is 1. The third-order valence-electron chi connectivity index (χ3n) is 2.61. The first kappa shape index (κ1) is 16.4. The van der Waals surface area contributed by atoms with Crippen molar-refractivity contribution in [1.82, 2.24) is 0 Å². The maximum Gasteiger partial charge on any atom is 0.255 e. The number of nitrogen functional groups attached to an aromatic ring is 1. The van der Waals surface area contributed by atoms with Crippen molar-refractivity contribution in [2.24, 2.45) is 0 Å². The van der Waals surface area contributed by atoms with Gasteiger partial charge in [0.05, 0.1) is 31.1 Å². The fourth-order valence-electron chi connectivity index (χ4n) is 1.75. The Morgan fingerprint density at radius 2 is 2.10 bits per heavy atom. The Kier molecular flexibility index (Phi) is 6.44. The number of hydrogen-bond donors (Lipinski definition) is 2. The quantitative estimate of drug-likeness (QED) is 0.722. The molecule has 1 aromatic carbocycles. The average Bonchev–Trinajstić information content (AvgIpc) is 2.37. The molecular formula is C13H19F3N2O2. The number of benzene rings is 1. The van der Waals surface area contributed by atoms with Crippen LogP contribution < -0.4 is 15.4 Å². The highest BCUT2D eigenvalue weighted by molar-refractivity contribution is 5.70. The number of anilines is 2. The first-order valence-electron chi connectivity index (χ1n) is 6.35. The molecule has 0 spiro atoms. The zero-order valence-corrected chi connectivity index (χ0v) is 11.3.